The highest BCUT2D eigenvalue weighted by Crippen LogP contribution is 2.06. The maximum absolute atomic E-state index is 3.85. The molecule has 3 nitrogen and oxygen atoms in total. The first kappa shape index (κ1) is 6.99. The predicted molar refractivity (Wildman–Crippen MR) is 40.5 cm³/mol. The lowest BCUT2D eigenvalue weighted by Gasteiger charge is -2.05. The van der Waals surface area contributed by atoms with Gasteiger partial charge in [0.1, 0.15) is 6.33 Å². The van der Waals surface area contributed by atoms with Crippen molar-refractivity contribution in [2.45, 2.75) is 19.9 Å². The van der Waals surface area contributed by atoms with E-state index in [9.17, 15) is 0 Å². The van der Waals surface area contributed by atoms with Gasteiger partial charge in [-0.25, -0.2) is 0 Å². The molecule has 0 N–H and O–H groups in total. The molecule has 3 heteroatoms. The van der Waals surface area contributed by atoms with Gasteiger partial charge in [0.2, 0.25) is 0 Å². The lowest BCUT2D eigenvalue weighted by atomic mass is 10.4. The molecule has 0 saturated carbocycles. The van der Waals surface area contributed by atoms with E-state index in [0.717, 1.165) is 5.82 Å². The molecule has 54 valence electrons. The maximum atomic E-state index is 3.85. The average molecular weight is 137 g/mol. The third kappa shape index (κ3) is 1.07. The molecule has 0 unspecified atom stereocenters. The van der Waals surface area contributed by atoms with Crippen LogP contribution in [0.2, 0.25) is 0 Å². The molecule has 0 spiro atoms. The smallest absolute Gasteiger partial charge is 0.156 e. The summed E-state index contributed by atoms with van der Waals surface area (Å²) in [6.07, 6.45) is 3.41. The van der Waals surface area contributed by atoms with E-state index in [1.54, 1.807) is 12.4 Å². The van der Waals surface area contributed by atoms with Gasteiger partial charge in [0.25, 0.3) is 0 Å². The summed E-state index contributed by atoms with van der Waals surface area (Å²) in [6, 6.07) is 0.406. The van der Waals surface area contributed by atoms with Crippen LogP contribution in [0.4, 0.5) is 0 Å². The Hall–Kier alpha value is -1.12. The van der Waals surface area contributed by atoms with E-state index in [4.69, 9.17) is 0 Å². The van der Waals surface area contributed by atoms with Gasteiger partial charge in [-0.3, -0.25) is 0 Å². The van der Waals surface area contributed by atoms with Crippen LogP contribution in [-0.4, -0.2) is 14.8 Å². The Morgan fingerprint density at radius 2 is 2.40 bits per heavy atom. The molecule has 1 heterocycles. The zero-order valence-corrected chi connectivity index (χ0v) is 6.28. The van der Waals surface area contributed by atoms with Crippen LogP contribution in [0.1, 0.15) is 25.7 Å². The van der Waals surface area contributed by atoms with Crippen molar-refractivity contribution >= 4 is 6.08 Å². The van der Waals surface area contributed by atoms with Crippen LogP contribution >= 0.6 is 0 Å². The third-order valence-electron chi connectivity index (χ3n) is 1.34. The number of nitrogens with zero attached hydrogens (tertiary/aromatic N) is 3. The highest BCUT2D eigenvalue weighted by atomic mass is 15.3. The van der Waals surface area contributed by atoms with Gasteiger partial charge in [0.05, 0.1) is 0 Å². The van der Waals surface area contributed by atoms with Crippen LogP contribution in [0.25, 0.3) is 6.08 Å². The molecule has 0 aromatic carbocycles. The van der Waals surface area contributed by atoms with Crippen LogP contribution in [0.3, 0.4) is 0 Å². The summed E-state index contributed by atoms with van der Waals surface area (Å²) in [7, 11) is 0. The van der Waals surface area contributed by atoms with Crippen LogP contribution in [0.15, 0.2) is 12.9 Å². The highest BCUT2D eigenvalue weighted by Gasteiger charge is 2.01. The van der Waals surface area contributed by atoms with Crippen LogP contribution in [0.5, 0.6) is 0 Å². The molecule has 0 radical (unpaired) electrons. The minimum absolute atomic E-state index is 0.406. The number of hydrogen-bond acceptors (Lipinski definition) is 2. The molecule has 1 aromatic heterocycles. The Bertz CT molecular complexity index is 225. The first-order chi connectivity index (χ1) is 4.75. The molecule has 0 aliphatic heterocycles. The van der Waals surface area contributed by atoms with E-state index in [1.165, 1.54) is 0 Å². The van der Waals surface area contributed by atoms with E-state index < -0.39 is 0 Å². The number of aromatic nitrogens is 3. The Morgan fingerprint density at radius 3 is 2.80 bits per heavy atom. The fourth-order valence-electron chi connectivity index (χ4n) is 0.796. The molecule has 0 fully saturated rings. The van der Waals surface area contributed by atoms with E-state index in [-0.39, 0.29) is 0 Å². The number of rotatable bonds is 2. The van der Waals surface area contributed by atoms with Gasteiger partial charge in [-0.2, -0.15) is 0 Å². The van der Waals surface area contributed by atoms with Crippen LogP contribution < -0.4 is 0 Å². The molecule has 1 rings (SSSR count). The summed E-state index contributed by atoms with van der Waals surface area (Å²) >= 11 is 0. The normalized spacial score (nSPS) is 10.3. The molecule has 10 heavy (non-hydrogen) atoms. The van der Waals surface area contributed by atoms with Crippen molar-refractivity contribution in [2.24, 2.45) is 0 Å². The second-order valence-electron chi connectivity index (χ2n) is 2.39. The first-order valence-electron chi connectivity index (χ1n) is 3.27. The largest absolute Gasteiger partial charge is 0.312 e. The third-order valence-corrected chi connectivity index (χ3v) is 1.34. The van der Waals surface area contributed by atoms with Gasteiger partial charge < -0.3 is 4.57 Å². The second kappa shape index (κ2) is 2.64. The molecule has 0 saturated heterocycles. The molecule has 1 aromatic rings. The van der Waals surface area contributed by atoms with Crippen molar-refractivity contribution in [1.82, 2.24) is 14.8 Å². The van der Waals surface area contributed by atoms with Gasteiger partial charge in [0, 0.05) is 6.04 Å². The predicted octanol–water partition coefficient (Wildman–Crippen LogP) is 1.50. The van der Waals surface area contributed by atoms with Gasteiger partial charge in [0.15, 0.2) is 5.82 Å². The summed E-state index contributed by atoms with van der Waals surface area (Å²) < 4.78 is 1.97. The lowest BCUT2D eigenvalue weighted by Crippen LogP contribution is -2.00. The summed E-state index contributed by atoms with van der Waals surface area (Å²) in [6.45, 7) is 7.78. The summed E-state index contributed by atoms with van der Waals surface area (Å²) in [5.41, 5.74) is 0. The van der Waals surface area contributed by atoms with E-state index in [2.05, 4.69) is 30.6 Å². The molecular formula is C7H11N3. The van der Waals surface area contributed by atoms with Crippen molar-refractivity contribution in [3.63, 3.8) is 0 Å². The fraction of sp³-hybridized carbons (Fsp3) is 0.429. The number of hydrogen-bond donors (Lipinski definition) is 0. The van der Waals surface area contributed by atoms with Crippen molar-refractivity contribution in [2.75, 3.05) is 0 Å². The molecule has 0 bridgehead atoms. The molecule has 0 aliphatic rings. The van der Waals surface area contributed by atoms with Crippen molar-refractivity contribution in [1.29, 1.82) is 0 Å². The fourth-order valence-corrected chi connectivity index (χ4v) is 0.796. The summed E-state index contributed by atoms with van der Waals surface area (Å²) in [5, 5.41) is 7.61. The van der Waals surface area contributed by atoms with Crippen LogP contribution in [-0.2, 0) is 0 Å². The summed E-state index contributed by atoms with van der Waals surface area (Å²) in [4.78, 5) is 0. The Morgan fingerprint density at radius 1 is 1.70 bits per heavy atom. The van der Waals surface area contributed by atoms with E-state index >= 15 is 0 Å². The quantitative estimate of drug-likeness (QED) is 0.618. The minimum atomic E-state index is 0.406. The zero-order chi connectivity index (χ0) is 7.56. The minimum Gasteiger partial charge on any atom is -0.312 e. The zero-order valence-electron chi connectivity index (χ0n) is 6.28. The monoisotopic (exact) mass is 137 g/mol. The summed E-state index contributed by atoms with van der Waals surface area (Å²) in [5.74, 6) is 0.829. The van der Waals surface area contributed by atoms with E-state index in [1.807, 2.05) is 4.57 Å². The van der Waals surface area contributed by atoms with Crippen molar-refractivity contribution in [3.05, 3.63) is 18.7 Å². The topological polar surface area (TPSA) is 30.7 Å². The van der Waals surface area contributed by atoms with Crippen molar-refractivity contribution in [3.8, 4) is 0 Å². The van der Waals surface area contributed by atoms with Gasteiger partial charge in [-0.1, -0.05) is 6.58 Å². The standard InChI is InChI=1S/C7H11N3/c1-4-7-9-8-5-10(7)6(2)3/h4-6H,1H2,2-3H3. The van der Waals surface area contributed by atoms with Gasteiger partial charge in [-0.05, 0) is 19.9 Å². The van der Waals surface area contributed by atoms with E-state index in [0.29, 0.717) is 6.04 Å². The SMILES string of the molecule is C=Cc1nncn1C(C)C. The molecular weight excluding hydrogens is 126 g/mol. The van der Waals surface area contributed by atoms with Crippen molar-refractivity contribution < 1.29 is 0 Å². The Labute approximate surface area is 60.4 Å². The second-order valence-corrected chi connectivity index (χ2v) is 2.39. The molecule has 0 aliphatic carbocycles. The van der Waals surface area contributed by atoms with Crippen LogP contribution in [0, 0.1) is 0 Å². The molecule has 0 amide bonds. The lowest BCUT2D eigenvalue weighted by molar-refractivity contribution is 0.593. The van der Waals surface area contributed by atoms with Gasteiger partial charge in [-0.15, -0.1) is 10.2 Å². The van der Waals surface area contributed by atoms with Gasteiger partial charge >= 0.3 is 0 Å². The Balaban J connectivity index is 3.01. The maximum Gasteiger partial charge on any atom is 0.156 e. The highest BCUT2D eigenvalue weighted by molar-refractivity contribution is 5.35. The first-order valence-corrected chi connectivity index (χ1v) is 3.27. The Kier molecular flexibility index (Phi) is 1.85. The average Bonchev–Trinajstić information content (AvgIpc) is 2.33. The molecule has 0 atom stereocenters.